The summed E-state index contributed by atoms with van der Waals surface area (Å²) in [5, 5.41) is 17.9. The van der Waals surface area contributed by atoms with E-state index in [0.29, 0.717) is 6.54 Å². The lowest BCUT2D eigenvalue weighted by Crippen LogP contribution is -2.21. The molecule has 0 spiro atoms. The van der Waals surface area contributed by atoms with Crippen molar-refractivity contribution < 1.29 is 10.2 Å². The van der Waals surface area contributed by atoms with Gasteiger partial charge in [-0.1, -0.05) is 0 Å². The van der Waals surface area contributed by atoms with Gasteiger partial charge in [0.1, 0.15) is 0 Å². The van der Waals surface area contributed by atoms with E-state index in [1.807, 2.05) is 30.5 Å². The minimum atomic E-state index is -0.658. The first-order chi connectivity index (χ1) is 5.65. The number of aromatic nitrogens is 1. The van der Waals surface area contributed by atoms with E-state index in [2.05, 4.69) is 0 Å². The van der Waals surface area contributed by atoms with Gasteiger partial charge in [-0.25, -0.2) is 0 Å². The van der Waals surface area contributed by atoms with Crippen molar-refractivity contribution in [3.05, 3.63) is 23.5 Å². The van der Waals surface area contributed by atoms with Gasteiger partial charge in [-0.05, 0) is 26.0 Å². The van der Waals surface area contributed by atoms with Crippen LogP contribution in [0.4, 0.5) is 0 Å². The summed E-state index contributed by atoms with van der Waals surface area (Å²) in [5.41, 5.74) is 2.22. The largest absolute Gasteiger partial charge is 0.394 e. The first kappa shape index (κ1) is 9.29. The topological polar surface area (TPSA) is 45.4 Å². The third kappa shape index (κ3) is 1.87. The fourth-order valence-corrected chi connectivity index (χ4v) is 1.26. The summed E-state index contributed by atoms with van der Waals surface area (Å²) in [6.07, 6.45) is -0.658. The SMILES string of the molecule is Cc1ccc(C)n1C[C@@H](O)CO. The second-order valence-electron chi connectivity index (χ2n) is 3.06. The second kappa shape index (κ2) is 3.74. The maximum absolute atomic E-state index is 9.21. The molecule has 68 valence electrons. The lowest BCUT2D eigenvalue weighted by molar-refractivity contribution is 0.0804. The van der Waals surface area contributed by atoms with Crippen LogP contribution in [0.5, 0.6) is 0 Å². The van der Waals surface area contributed by atoms with Crippen molar-refractivity contribution >= 4 is 0 Å². The molecule has 1 heterocycles. The molecule has 0 unspecified atom stereocenters. The van der Waals surface area contributed by atoms with E-state index >= 15 is 0 Å². The number of nitrogens with zero attached hydrogens (tertiary/aromatic N) is 1. The van der Waals surface area contributed by atoms with Crippen LogP contribution in [0.15, 0.2) is 12.1 Å². The minimum Gasteiger partial charge on any atom is -0.394 e. The molecular formula is C9H15NO2. The number of rotatable bonds is 3. The highest BCUT2D eigenvalue weighted by atomic mass is 16.3. The van der Waals surface area contributed by atoms with Crippen LogP contribution in [0.3, 0.4) is 0 Å². The van der Waals surface area contributed by atoms with Gasteiger partial charge in [-0.2, -0.15) is 0 Å². The summed E-state index contributed by atoms with van der Waals surface area (Å²) in [5.74, 6) is 0. The molecule has 0 bridgehead atoms. The minimum absolute atomic E-state index is 0.183. The van der Waals surface area contributed by atoms with Crippen LogP contribution in [0.25, 0.3) is 0 Å². The molecule has 1 aromatic heterocycles. The molecule has 0 aromatic carbocycles. The fraction of sp³-hybridized carbons (Fsp3) is 0.556. The average Bonchev–Trinajstić information content (AvgIpc) is 2.35. The molecule has 0 aliphatic carbocycles. The van der Waals surface area contributed by atoms with E-state index in [0.717, 1.165) is 11.4 Å². The third-order valence-corrected chi connectivity index (χ3v) is 2.02. The van der Waals surface area contributed by atoms with Crippen molar-refractivity contribution in [1.29, 1.82) is 0 Å². The van der Waals surface area contributed by atoms with Gasteiger partial charge in [0.05, 0.1) is 19.3 Å². The lowest BCUT2D eigenvalue weighted by atomic mass is 10.3. The van der Waals surface area contributed by atoms with Crippen LogP contribution < -0.4 is 0 Å². The highest BCUT2D eigenvalue weighted by Crippen LogP contribution is 2.07. The zero-order valence-corrected chi connectivity index (χ0v) is 7.49. The molecule has 12 heavy (non-hydrogen) atoms. The quantitative estimate of drug-likeness (QED) is 0.690. The molecule has 3 nitrogen and oxygen atoms in total. The number of hydrogen-bond donors (Lipinski definition) is 2. The standard InChI is InChI=1S/C9H15NO2/c1-7-3-4-8(2)10(7)5-9(12)6-11/h3-4,9,11-12H,5-6H2,1-2H3/t9-/m1/s1. The number of aliphatic hydroxyl groups excluding tert-OH is 2. The lowest BCUT2D eigenvalue weighted by Gasteiger charge is -2.12. The first-order valence-electron chi connectivity index (χ1n) is 4.07. The van der Waals surface area contributed by atoms with Gasteiger partial charge < -0.3 is 14.8 Å². The van der Waals surface area contributed by atoms with Crippen molar-refractivity contribution in [2.75, 3.05) is 6.61 Å². The summed E-state index contributed by atoms with van der Waals surface area (Å²) >= 11 is 0. The van der Waals surface area contributed by atoms with Gasteiger partial charge in [-0.15, -0.1) is 0 Å². The predicted molar refractivity (Wildman–Crippen MR) is 47.0 cm³/mol. The van der Waals surface area contributed by atoms with E-state index in [4.69, 9.17) is 5.11 Å². The molecule has 0 aliphatic rings. The molecule has 0 saturated heterocycles. The molecule has 0 amide bonds. The Balaban J connectivity index is 2.73. The van der Waals surface area contributed by atoms with Crippen molar-refractivity contribution in [2.45, 2.75) is 26.5 Å². The van der Waals surface area contributed by atoms with Crippen LogP contribution in [-0.4, -0.2) is 27.5 Å². The van der Waals surface area contributed by atoms with Crippen LogP contribution >= 0.6 is 0 Å². The molecule has 0 saturated carbocycles. The Morgan fingerprint density at radius 3 is 2.25 bits per heavy atom. The Labute approximate surface area is 72.3 Å². The Hall–Kier alpha value is -0.800. The summed E-state index contributed by atoms with van der Waals surface area (Å²) in [6, 6.07) is 4.00. The second-order valence-corrected chi connectivity index (χ2v) is 3.06. The molecule has 1 rings (SSSR count). The van der Waals surface area contributed by atoms with Gasteiger partial charge in [-0.3, -0.25) is 0 Å². The molecular weight excluding hydrogens is 154 g/mol. The predicted octanol–water partition coefficient (Wildman–Crippen LogP) is 0.458. The molecule has 3 heteroatoms. The van der Waals surface area contributed by atoms with E-state index in [1.165, 1.54) is 0 Å². The summed E-state index contributed by atoms with van der Waals surface area (Å²) in [7, 11) is 0. The van der Waals surface area contributed by atoms with Gasteiger partial charge in [0.15, 0.2) is 0 Å². The highest BCUT2D eigenvalue weighted by molar-refractivity contribution is 5.13. The van der Waals surface area contributed by atoms with E-state index in [9.17, 15) is 5.11 Å². The van der Waals surface area contributed by atoms with Crippen molar-refractivity contribution in [1.82, 2.24) is 4.57 Å². The maximum atomic E-state index is 9.21. The number of aliphatic hydroxyl groups is 2. The van der Waals surface area contributed by atoms with Gasteiger partial charge >= 0.3 is 0 Å². The monoisotopic (exact) mass is 169 g/mol. The zero-order valence-electron chi connectivity index (χ0n) is 7.49. The zero-order chi connectivity index (χ0) is 9.14. The summed E-state index contributed by atoms with van der Waals surface area (Å²) < 4.78 is 1.99. The molecule has 0 radical (unpaired) electrons. The Morgan fingerprint density at radius 1 is 1.33 bits per heavy atom. The van der Waals surface area contributed by atoms with Crippen LogP contribution in [0.1, 0.15) is 11.4 Å². The average molecular weight is 169 g/mol. The highest BCUT2D eigenvalue weighted by Gasteiger charge is 2.06. The van der Waals surface area contributed by atoms with Crippen molar-refractivity contribution in [2.24, 2.45) is 0 Å². The molecule has 0 fully saturated rings. The Kier molecular flexibility index (Phi) is 2.89. The first-order valence-corrected chi connectivity index (χ1v) is 4.07. The van der Waals surface area contributed by atoms with E-state index < -0.39 is 6.10 Å². The summed E-state index contributed by atoms with van der Waals surface area (Å²) in [4.78, 5) is 0. The normalized spacial score (nSPS) is 13.3. The molecule has 0 aliphatic heterocycles. The third-order valence-electron chi connectivity index (χ3n) is 2.02. The Morgan fingerprint density at radius 2 is 1.83 bits per heavy atom. The van der Waals surface area contributed by atoms with Crippen LogP contribution in [0, 0.1) is 13.8 Å². The fourth-order valence-electron chi connectivity index (χ4n) is 1.26. The number of hydrogen-bond acceptors (Lipinski definition) is 2. The van der Waals surface area contributed by atoms with E-state index in [1.54, 1.807) is 0 Å². The van der Waals surface area contributed by atoms with Crippen LogP contribution in [-0.2, 0) is 6.54 Å². The van der Waals surface area contributed by atoms with Gasteiger partial charge in [0.2, 0.25) is 0 Å². The Bertz CT molecular complexity index is 236. The number of aryl methyl sites for hydroxylation is 2. The van der Waals surface area contributed by atoms with Gasteiger partial charge in [0, 0.05) is 11.4 Å². The maximum Gasteiger partial charge on any atom is 0.0949 e. The van der Waals surface area contributed by atoms with Crippen molar-refractivity contribution in [3.8, 4) is 0 Å². The van der Waals surface area contributed by atoms with Crippen LogP contribution in [0.2, 0.25) is 0 Å². The van der Waals surface area contributed by atoms with Crippen molar-refractivity contribution in [3.63, 3.8) is 0 Å². The molecule has 1 atom stereocenters. The summed E-state index contributed by atoms with van der Waals surface area (Å²) in [6.45, 7) is 4.26. The smallest absolute Gasteiger partial charge is 0.0949 e. The molecule has 2 N–H and O–H groups in total. The van der Waals surface area contributed by atoms with Gasteiger partial charge in [0.25, 0.3) is 0 Å². The molecule has 1 aromatic rings. The van der Waals surface area contributed by atoms with E-state index in [-0.39, 0.29) is 6.61 Å².